The first kappa shape index (κ1) is 16.0. The standard InChI is InChI=1S/C15H19BrN2S2/c1-2-13-6-7-15(20-13)9-12(18-17)10-19-14-5-3-4-11(16)8-14/h3-8,12,18H,2,9-10,17H2,1H3. The number of nitrogens with one attached hydrogen (secondary N) is 1. The average molecular weight is 371 g/mol. The van der Waals surface area contributed by atoms with Gasteiger partial charge in [-0.2, -0.15) is 0 Å². The molecule has 0 aliphatic heterocycles. The number of thioether (sulfide) groups is 1. The van der Waals surface area contributed by atoms with Gasteiger partial charge in [-0.15, -0.1) is 23.1 Å². The first-order valence-corrected chi connectivity index (χ1v) is 9.23. The van der Waals surface area contributed by atoms with Gasteiger partial charge >= 0.3 is 0 Å². The molecule has 1 aromatic carbocycles. The third-order valence-electron chi connectivity index (χ3n) is 3.00. The van der Waals surface area contributed by atoms with Gasteiger partial charge in [0.1, 0.15) is 0 Å². The van der Waals surface area contributed by atoms with Crippen LogP contribution in [0.25, 0.3) is 0 Å². The van der Waals surface area contributed by atoms with Crippen LogP contribution in [0.15, 0.2) is 45.8 Å². The summed E-state index contributed by atoms with van der Waals surface area (Å²) in [4.78, 5) is 4.11. The van der Waals surface area contributed by atoms with Crippen LogP contribution in [0.1, 0.15) is 16.7 Å². The maximum Gasteiger partial charge on any atom is 0.0352 e. The molecule has 0 fully saturated rings. The molecule has 0 bridgehead atoms. The van der Waals surface area contributed by atoms with E-state index in [0.29, 0.717) is 6.04 Å². The molecule has 20 heavy (non-hydrogen) atoms. The van der Waals surface area contributed by atoms with Crippen molar-refractivity contribution in [1.29, 1.82) is 0 Å². The molecule has 5 heteroatoms. The van der Waals surface area contributed by atoms with E-state index in [-0.39, 0.29) is 0 Å². The Morgan fingerprint density at radius 2 is 2.10 bits per heavy atom. The van der Waals surface area contributed by atoms with Gasteiger partial charge in [0.25, 0.3) is 0 Å². The molecule has 0 aliphatic carbocycles. The lowest BCUT2D eigenvalue weighted by atomic mass is 10.2. The molecule has 108 valence electrons. The highest BCUT2D eigenvalue weighted by atomic mass is 79.9. The van der Waals surface area contributed by atoms with E-state index < -0.39 is 0 Å². The molecule has 1 unspecified atom stereocenters. The van der Waals surface area contributed by atoms with Gasteiger partial charge < -0.3 is 0 Å². The lowest BCUT2D eigenvalue weighted by molar-refractivity contribution is 0.579. The van der Waals surface area contributed by atoms with Gasteiger partial charge in [0, 0.05) is 30.9 Å². The second kappa shape index (κ2) is 8.20. The Balaban J connectivity index is 1.89. The summed E-state index contributed by atoms with van der Waals surface area (Å²) in [6, 6.07) is 13.1. The summed E-state index contributed by atoms with van der Waals surface area (Å²) in [5, 5.41) is 0. The molecule has 0 saturated carbocycles. The van der Waals surface area contributed by atoms with E-state index in [4.69, 9.17) is 5.84 Å². The number of thiophene rings is 1. The smallest absolute Gasteiger partial charge is 0.0352 e. The van der Waals surface area contributed by atoms with E-state index in [1.54, 1.807) is 0 Å². The van der Waals surface area contributed by atoms with Crippen molar-refractivity contribution in [2.45, 2.75) is 30.7 Å². The highest BCUT2D eigenvalue weighted by Gasteiger charge is 2.10. The van der Waals surface area contributed by atoms with Gasteiger partial charge in [-0.05, 0) is 43.2 Å². The Kier molecular flexibility index (Phi) is 6.58. The van der Waals surface area contributed by atoms with Gasteiger partial charge in [0.2, 0.25) is 0 Å². The zero-order valence-corrected chi connectivity index (χ0v) is 14.7. The van der Waals surface area contributed by atoms with Crippen LogP contribution < -0.4 is 11.3 Å². The lowest BCUT2D eigenvalue weighted by Gasteiger charge is -2.14. The van der Waals surface area contributed by atoms with Crippen molar-refractivity contribution < 1.29 is 0 Å². The lowest BCUT2D eigenvalue weighted by Crippen LogP contribution is -2.38. The second-order valence-corrected chi connectivity index (χ2v) is 7.82. The van der Waals surface area contributed by atoms with Gasteiger partial charge in [-0.3, -0.25) is 11.3 Å². The Hall–Kier alpha value is -0.330. The average Bonchev–Trinajstić information content (AvgIpc) is 2.91. The molecule has 1 atom stereocenters. The summed E-state index contributed by atoms with van der Waals surface area (Å²) in [7, 11) is 0. The van der Waals surface area contributed by atoms with Crippen LogP contribution in [-0.4, -0.2) is 11.8 Å². The Morgan fingerprint density at radius 1 is 1.30 bits per heavy atom. The maximum absolute atomic E-state index is 5.69. The number of benzene rings is 1. The topological polar surface area (TPSA) is 38.0 Å². The van der Waals surface area contributed by atoms with E-state index >= 15 is 0 Å². The Morgan fingerprint density at radius 3 is 2.75 bits per heavy atom. The van der Waals surface area contributed by atoms with E-state index in [1.807, 2.05) is 29.2 Å². The largest absolute Gasteiger partial charge is 0.271 e. The molecular weight excluding hydrogens is 352 g/mol. The molecule has 1 heterocycles. The monoisotopic (exact) mass is 370 g/mol. The summed E-state index contributed by atoms with van der Waals surface area (Å²) in [6.45, 7) is 2.19. The molecule has 3 N–H and O–H groups in total. The molecule has 0 saturated heterocycles. The fraction of sp³-hybridized carbons (Fsp3) is 0.333. The van der Waals surface area contributed by atoms with E-state index in [9.17, 15) is 0 Å². The molecule has 1 aromatic heterocycles. The maximum atomic E-state index is 5.69. The zero-order chi connectivity index (χ0) is 14.4. The summed E-state index contributed by atoms with van der Waals surface area (Å²) < 4.78 is 1.12. The fourth-order valence-electron chi connectivity index (χ4n) is 1.88. The first-order chi connectivity index (χ1) is 9.71. The highest BCUT2D eigenvalue weighted by molar-refractivity contribution is 9.10. The number of hydrogen-bond donors (Lipinski definition) is 2. The van der Waals surface area contributed by atoms with Crippen molar-refractivity contribution in [2.75, 3.05) is 5.75 Å². The van der Waals surface area contributed by atoms with Crippen molar-refractivity contribution in [2.24, 2.45) is 5.84 Å². The predicted molar refractivity (Wildman–Crippen MR) is 93.4 cm³/mol. The molecule has 2 nitrogen and oxygen atoms in total. The summed E-state index contributed by atoms with van der Waals surface area (Å²) in [6.07, 6.45) is 2.10. The van der Waals surface area contributed by atoms with Crippen molar-refractivity contribution in [1.82, 2.24) is 5.43 Å². The molecule has 0 aliphatic rings. The number of halogens is 1. The second-order valence-electron chi connectivity index (χ2n) is 4.56. The molecule has 2 rings (SSSR count). The van der Waals surface area contributed by atoms with Gasteiger partial charge in [-0.1, -0.05) is 28.9 Å². The number of hydrogen-bond acceptors (Lipinski definition) is 4. The van der Waals surface area contributed by atoms with Crippen LogP contribution in [0.3, 0.4) is 0 Å². The Bertz CT molecular complexity index is 542. The summed E-state index contributed by atoms with van der Waals surface area (Å²) in [5.74, 6) is 6.65. The summed E-state index contributed by atoms with van der Waals surface area (Å²) >= 11 is 7.22. The number of rotatable bonds is 7. The number of nitrogens with two attached hydrogens (primary N) is 1. The van der Waals surface area contributed by atoms with E-state index in [1.165, 1.54) is 14.6 Å². The summed E-state index contributed by atoms with van der Waals surface area (Å²) in [5.41, 5.74) is 2.94. The predicted octanol–water partition coefficient (Wildman–Crippen LogP) is 4.24. The first-order valence-electron chi connectivity index (χ1n) is 6.63. The molecule has 0 spiro atoms. The van der Waals surface area contributed by atoms with Crippen LogP contribution in [0.2, 0.25) is 0 Å². The van der Waals surface area contributed by atoms with Crippen LogP contribution in [0, 0.1) is 0 Å². The minimum Gasteiger partial charge on any atom is -0.271 e. The quantitative estimate of drug-likeness (QED) is 0.434. The van der Waals surface area contributed by atoms with Gasteiger partial charge in [0.05, 0.1) is 0 Å². The minimum atomic E-state index is 0.294. The van der Waals surface area contributed by atoms with Crippen molar-refractivity contribution in [3.8, 4) is 0 Å². The highest BCUT2D eigenvalue weighted by Crippen LogP contribution is 2.24. The van der Waals surface area contributed by atoms with E-state index in [2.05, 4.69) is 58.6 Å². The van der Waals surface area contributed by atoms with Crippen molar-refractivity contribution in [3.05, 3.63) is 50.6 Å². The normalized spacial score (nSPS) is 12.6. The third-order valence-corrected chi connectivity index (χ3v) is 5.90. The fourth-order valence-corrected chi connectivity index (χ4v) is 4.47. The molecule has 0 amide bonds. The minimum absolute atomic E-state index is 0.294. The number of hydrazine groups is 1. The Labute approximate surface area is 137 Å². The molecule has 0 radical (unpaired) electrons. The molecule has 2 aromatic rings. The van der Waals surface area contributed by atoms with Crippen LogP contribution in [0.4, 0.5) is 0 Å². The zero-order valence-electron chi connectivity index (χ0n) is 11.4. The van der Waals surface area contributed by atoms with Crippen LogP contribution in [-0.2, 0) is 12.8 Å². The molecular formula is C15H19BrN2S2. The SMILES string of the molecule is CCc1ccc(CC(CSc2cccc(Br)c2)NN)s1. The van der Waals surface area contributed by atoms with Crippen LogP contribution in [0.5, 0.6) is 0 Å². The van der Waals surface area contributed by atoms with Gasteiger partial charge in [-0.25, -0.2) is 0 Å². The van der Waals surface area contributed by atoms with Crippen molar-refractivity contribution >= 4 is 39.0 Å². The van der Waals surface area contributed by atoms with Crippen molar-refractivity contribution in [3.63, 3.8) is 0 Å². The van der Waals surface area contributed by atoms with E-state index in [0.717, 1.165) is 23.1 Å². The van der Waals surface area contributed by atoms with Crippen LogP contribution >= 0.6 is 39.0 Å². The third kappa shape index (κ3) is 4.90. The number of aryl methyl sites for hydroxylation is 1. The van der Waals surface area contributed by atoms with Gasteiger partial charge in [0.15, 0.2) is 0 Å².